The van der Waals surface area contributed by atoms with Gasteiger partial charge in [0.2, 0.25) is 0 Å². The summed E-state index contributed by atoms with van der Waals surface area (Å²) >= 11 is 0. The number of hydrogen-bond acceptors (Lipinski definition) is 4. The molecule has 0 heterocycles. The zero-order chi connectivity index (χ0) is 11.7. The smallest absolute Gasteiger partial charge is 0.293 e. The molecule has 0 spiro atoms. The van der Waals surface area contributed by atoms with Crippen LogP contribution in [0.15, 0.2) is 18.2 Å². The number of nitro benzene ring substituents is 1. The number of carbonyl (C=O) groups excluding carboxylic acids is 1. The fraction of sp³-hybridized carbons (Fsp3) is 0.364. The SMILES string of the molecule is CC1CC1Nc1ccc(C=O)cc1[N+](=O)[O-]. The molecule has 0 radical (unpaired) electrons. The number of rotatable bonds is 4. The molecule has 5 nitrogen and oxygen atoms in total. The van der Waals surface area contributed by atoms with Crippen molar-refractivity contribution < 1.29 is 9.72 Å². The van der Waals surface area contributed by atoms with Crippen molar-refractivity contribution in [2.75, 3.05) is 5.32 Å². The van der Waals surface area contributed by atoms with Crippen LogP contribution in [0.2, 0.25) is 0 Å². The normalized spacial score (nSPS) is 22.6. The van der Waals surface area contributed by atoms with E-state index in [0.29, 0.717) is 29.5 Å². The fourth-order valence-corrected chi connectivity index (χ4v) is 1.62. The first-order chi connectivity index (χ1) is 7.61. The first-order valence-corrected chi connectivity index (χ1v) is 5.12. The number of aldehydes is 1. The highest BCUT2D eigenvalue weighted by Crippen LogP contribution is 2.35. The Bertz CT molecular complexity index is 445. The zero-order valence-corrected chi connectivity index (χ0v) is 8.84. The molecular weight excluding hydrogens is 208 g/mol. The Labute approximate surface area is 92.6 Å². The molecule has 1 aliphatic rings. The number of nitro groups is 1. The van der Waals surface area contributed by atoms with E-state index in [2.05, 4.69) is 12.2 Å². The lowest BCUT2D eigenvalue weighted by Crippen LogP contribution is -2.06. The lowest BCUT2D eigenvalue weighted by molar-refractivity contribution is -0.384. The Kier molecular flexibility index (Phi) is 2.60. The van der Waals surface area contributed by atoms with Crippen LogP contribution in [0.3, 0.4) is 0 Å². The summed E-state index contributed by atoms with van der Waals surface area (Å²) in [5.74, 6) is 0.561. The molecule has 2 unspecified atom stereocenters. The van der Waals surface area contributed by atoms with Gasteiger partial charge in [0.15, 0.2) is 0 Å². The van der Waals surface area contributed by atoms with Crippen molar-refractivity contribution >= 4 is 17.7 Å². The Hall–Kier alpha value is -1.91. The third kappa shape index (κ3) is 2.03. The van der Waals surface area contributed by atoms with Crippen molar-refractivity contribution in [2.24, 2.45) is 5.92 Å². The molecular formula is C11H12N2O3. The lowest BCUT2D eigenvalue weighted by atomic mass is 10.2. The molecule has 1 aromatic rings. The quantitative estimate of drug-likeness (QED) is 0.479. The van der Waals surface area contributed by atoms with E-state index in [4.69, 9.17) is 0 Å². The van der Waals surface area contributed by atoms with Gasteiger partial charge in [0.25, 0.3) is 5.69 Å². The van der Waals surface area contributed by atoms with Crippen molar-refractivity contribution in [3.8, 4) is 0 Å². The van der Waals surface area contributed by atoms with Crippen LogP contribution >= 0.6 is 0 Å². The lowest BCUT2D eigenvalue weighted by Gasteiger charge is -2.06. The van der Waals surface area contributed by atoms with Crippen molar-refractivity contribution in [1.82, 2.24) is 0 Å². The summed E-state index contributed by atoms with van der Waals surface area (Å²) < 4.78 is 0. The van der Waals surface area contributed by atoms with Gasteiger partial charge in [0, 0.05) is 17.7 Å². The number of nitrogens with zero attached hydrogens (tertiary/aromatic N) is 1. The standard InChI is InChI=1S/C11H12N2O3/c1-7-4-10(7)12-9-3-2-8(6-14)5-11(9)13(15)16/h2-3,5-7,10,12H,4H2,1H3. The number of benzene rings is 1. The highest BCUT2D eigenvalue weighted by molar-refractivity contribution is 5.79. The van der Waals surface area contributed by atoms with Gasteiger partial charge < -0.3 is 5.32 Å². The average Bonchev–Trinajstić information content (AvgIpc) is 2.94. The van der Waals surface area contributed by atoms with Gasteiger partial charge in [-0.05, 0) is 24.5 Å². The topological polar surface area (TPSA) is 72.2 Å². The minimum absolute atomic E-state index is 0.0382. The monoisotopic (exact) mass is 220 g/mol. The van der Waals surface area contributed by atoms with Crippen molar-refractivity contribution in [3.63, 3.8) is 0 Å². The molecule has 5 heteroatoms. The van der Waals surface area contributed by atoms with Gasteiger partial charge in [-0.3, -0.25) is 14.9 Å². The molecule has 0 amide bonds. The molecule has 2 rings (SSSR count). The molecule has 0 aromatic heterocycles. The van der Waals surface area contributed by atoms with E-state index in [9.17, 15) is 14.9 Å². The zero-order valence-electron chi connectivity index (χ0n) is 8.84. The first-order valence-electron chi connectivity index (χ1n) is 5.12. The fourth-order valence-electron chi connectivity index (χ4n) is 1.62. The third-order valence-corrected chi connectivity index (χ3v) is 2.80. The van der Waals surface area contributed by atoms with E-state index in [1.807, 2.05) is 0 Å². The number of hydrogen-bond donors (Lipinski definition) is 1. The second-order valence-electron chi connectivity index (χ2n) is 4.12. The van der Waals surface area contributed by atoms with Crippen molar-refractivity contribution in [2.45, 2.75) is 19.4 Å². The summed E-state index contributed by atoms with van der Waals surface area (Å²) in [5, 5.41) is 13.9. The van der Waals surface area contributed by atoms with Crippen LogP contribution in [-0.2, 0) is 0 Å². The predicted molar refractivity (Wildman–Crippen MR) is 59.7 cm³/mol. The molecule has 0 aliphatic heterocycles. The minimum Gasteiger partial charge on any atom is -0.376 e. The van der Waals surface area contributed by atoms with Crippen LogP contribution in [0.25, 0.3) is 0 Å². The van der Waals surface area contributed by atoms with Crippen LogP contribution in [-0.4, -0.2) is 17.3 Å². The molecule has 1 saturated carbocycles. The van der Waals surface area contributed by atoms with E-state index in [1.54, 1.807) is 12.1 Å². The van der Waals surface area contributed by atoms with E-state index >= 15 is 0 Å². The summed E-state index contributed by atoms with van der Waals surface area (Å²) in [6, 6.07) is 4.78. The Morgan fingerprint density at radius 2 is 2.25 bits per heavy atom. The second-order valence-corrected chi connectivity index (χ2v) is 4.12. The Morgan fingerprint density at radius 3 is 2.75 bits per heavy atom. The van der Waals surface area contributed by atoms with Gasteiger partial charge in [0.05, 0.1) is 4.92 Å². The van der Waals surface area contributed by atoms with Gasteiger partial charge in [-0.25, -0.2) is 0 Å². The maximum Gasteiger partial charge on any atom is 0.293 e. The first kappa shape index (κ1) is 10.6. The predicted octanol–water partition coefficient (Wildman–Crippen LogP) is 2.23. The van der Waals surface area contributed by atoms with Gasteiger partial charge >= 0.3 is 0 Å². The van der Waals surface area contributed by atoms with Crippen LogP contribution in [0.1, 0.15) is 23.7 Å². The minimum atomic E-state index is -0.470. The van der Waals surface area contributed by atoms with Crippen molar-refractivity contribution in [1.29, 1.82) is 0 Å². The highest BCUT2D eigenvalue weighted by Gasteiger charge is 2.33. The van der Waals surface area contributed by atoms with Crippen LogP contribution < -0.4 is 5.32 Å². The van der Waals surface area contributed by atoms with Gasteiger partial charge in [-0.1, -0.05) is 6.92 Å². The molecule has 1 aliphatic carbocycles. The van der Waals surface area contributed by atoms with E-state index in [-0.39, 0.29) is 5.69 Å². The summed E-state index contributed by atoms with van der Waals surface area (Å²) in [6.07, 6.45) is 1.64. The Morgan fingerprint density at radius 1 is 1.56 bits per heavy atom. The second kappa shape index (κ2) is 3.92. The highest BCUT2D eigenvalue weighted by atomic mass is 16.6. The maximum atomic E-state index is 10.8. The molecule has 1 N–H and O–H groups in total. The van der Waals surface area contributed by atoms with Crippen LogP contribution in [0.4, 0.5) is 11.4 Å². The summed E-state index contributed by atoms with van der Waals surface area (Å²) in [6.45, 7) is 2.09. The molecule has 84 valence electrons. The van der Waals surface area contributed by atoms with Gasteiger partial charge in [-0.15, -0.1) is 0 Å². The molecule has 0 saturated heterocycles. The largest absolute Gasteiger partial charge is 0.376 e. The average molecular weight is 220 g/mol. The van der Waals surface area contributed by atoms with Gasteiger partial charge in [0.1, 0.15) is 12.0 Å². The van der Waals surface area contributed by atoms with E-state index < -0.39 is 4.92 Å². The number of carbonyl (C=O) groups is 1. The molecule has 1 fully saturated rings. The van der Waals surface area contributed by atoms with E-state index in [0.717, 1.165) is 6.42 Å². The maximum absolute atomic E-state index is 10.8. The Balaban J connectivity index is 2.28. The van der Waals surface area contributed by atoms with Crippen molar-refractivity contribution in [3.05, 3.63) is 33.9 Å². The number of anilines is 1. The number of nitrogens with one attached hydrogen (secondary N) is 1. The summed E-state index contributed by atoms with van der Waals surface area (Å²) in [4.78, 5) is 20.9. The van der Waals surface area contributed by atoms with Crippen LogP contribution in [0.5, 0.6) is 0 Å². The van der Waals surface area contributed by atoms with E-state index in [1.165, 1.54) is 6.07 Å². The third-order valence-electron chi connectivity index (χ3n) is 2.80. The molecule has 1 aromatic carbocycles. The van der Waals surface area contributed by atoms with Gasteiger partial charge in [-0.2, -0.15) is 0 Å². The van der Waals surface area contributed by atoms with Crippen LogP contribution in [0, 0.1) is 16.0 Å². The molecule has 2 atom stereocenters. The summed E-state index contributed by atoms with van der Waals surface area (Å²) in [7, 11) is 0. The molecule has 0 bridgehead atoms. The summed E-state index contributed by atoms with van der Waals surface area (Å²) in [5.41, 5.74) is 0.773. The molecule has 16 heavy (non-hydrogen) atoms.